The molecule has 1 atom stereocenters. The molecule has 1 aromatic heterocycles. The summed E-state index contributed by atoms with van der Waals surface area (Å²) < 4.78 is 2.22. The predicted molar refractivity (Wildman–Crippen MR) is 123 cm³/mol. The van der Waals surface area contributed by atoms with Crippen molar-refractivity contribution >= 4 is 11.5 Å². The molecule has 150 valence electrons. The first kappa shape index (κ1) is 19.4. The lowest BCUT2D eigenvalue weighted by atomic mass is 9.98. The summed E-state index contributed by atoms with van der Waals surface area (Å²) >= 11 is 0. The number of anilines is 2. The van der Waals surface area contributed by atoms with Crippen LogP contribution in [0.3, 0.4) is 0 Å². The fraction of sp³-hybridized carbons (Fsp3) is 0.308. The fourth-order valence-corrected chi connectivity index (χ4v) is 4.79. The first-order valence-corrected chi connectivity index (χ1v) is 10.4. The van der Waals surface area contributed by atoms with E-state index in [0.717, 1.165) is 0 Å². The number of allylic oxidation sites excluding steroid dienone is 2. The second-order valence-electron chi connectivity index (χ2n) is 8.36. The van der Waals surface area contributed by atoms with Crippen LogP contribution in [0.1, 0.15) is 43.6 Å². The smallest absolute Gasteiger partial charge is 0.138 e. The van der Waals surface area contributed by atoms with Gasteiger partial charge in [0, 0.05) is 35.9 Å². The van der Waals surface area contributed by atoms with E-state index >= 15 is 0 Å². The van der Waals surface area contributed by atoms with Gasteiger partial charge in [-0.1, -0.05) is 50.2 Å². The van der Waals surface area contributed by atoms with Crippen LogP contribution < -0.4 is 9.80 Å². The highest BCUT2D eigenvalue weighted by atomic mass is 15.4. The summed E-state index contributed by atoms with van der Waals surface area (Å²) in [5.74, 6) is 1.62. The molecule has 0 amide bonds. The van der Waals surface area contributed by atoms with Gasteiger partial charge in [0.15, 0.2) is 0 Å². The van der Waals surface area contributed by atoms with Crippen LogP contribution in [0, 0.1) is 19.8 Å². The molecule has 4 rings (SSSR count). The van der Waals surface area contributed by atoms with Gasteiger partial charge < -0.3 is 14.4 Å². The highest BCUT2D eigenvalue weighted by Crippen LogP contribution is 2.48. The van der Waals surface area contributed by atoms with Crippen LogP contribution in [-0.4, -0.2) is 4.57 Å². The van der Waals surface area contributed by atoms with E-state index in [-0.39, 0.29) is 6.17 Å². The molecule has 3 heteroatoms. The van der Waals surface area contributed by atoms with Gasteiger partial charge in [-0.15, -0.1) is 0 Å². The average Bonchev–Trinajstić information content (AvgIpc) is 3.23. The lowest BCUT2D eigenvalue weighted by Gasteiger charge is -2.37. The Morgan fingerprint density at radius 2 is 1.41 bits per heavy atom. The van der Waals surface area contributed by atoms with Gasteiger partial charge >= 0.3 is 0 Å². The summed E-state index contributed by atoms with van der Waals surface area (Å²) in [4.78, 5) is 5.06. The van der Waals surface area contributed by atoms with Crippen molar-refractivity contribution in [2.75, 3.05) is 9.80 Å². The Kier molecular flexibility index (Phi) is 4.99. The highest BCUT2D eigenvalue weighted by molar-refractivity contribution is 5.68. The zero-order valence-electron chi connectivity index (χ0n) is 18.3. The zero-order chi connectivity index (χ0) is 20.7. The molecule has 1 aliphatic rings. The van der Waals surface area contributed by atoms with Crippen LogP contribution in [0.4, 0.5) is 11.5 Å². The molecule has 29 heavy (non-hydrogen) atoms. The van der Waals surface area contributed by atoms with Gasteiger partial charge in [0.1, 0.15) is 12.0 Å². The van der Waals surface area contributed by atoms with Crippen molar-refractivity contribution < 1.29 is 0 Å². The van der Waals surface area contributed by atoms with Gasteiger partial charge in [0.2, 0.25) is 0 Å². The van der Waals surface area contributed by atoms with Crippen molar-refractivity contribution in [1.29, 1.82) is 0 Å². The first-order chi connectivity index (χ1) is 13.9. The van der Waals surface area contributed by atoms with Gasteiger partial charge in [-0.3, -0.25) is 0 Å². The summed E-state index contributed by atoms with van der Waals surface area (Å²) in [6.07, 6.45) is 2.22. The number of para-hydroxylation sites is 1. The molecule has 0 N–H and O–H groups in total. The maximum Gasteiger partial charge on any atom is 0.138 e. The lowest BCUT2D eigenvalue weighted by molar-refractivity contribution is 0.649. The van der Waals surface area contributed by atoms with E-state index in [1.807, 2.05) is 0 Å². The van der Waals surface area contributed by atoms with E-state index in [2.05, 4.69) is 123 Å². The third kappa shape index (κ3) is 3.15. The maximum atomic E-state index is 2.54. The minimum absolute atomic E-state index is 0.0876. The Bertz CT molecular complexity index is 1020. The van der Waals surface area contributed by atoms with E-state index in [0.29, 0.717) is 5.92 Å². The maximum absolute atomic E-state index is 2.54. The summed E-state index contributed by atoms with van der Waals surface area (Å²) in [5.41, 5.74) is 7.97. The molecule has 0 spiro atoms. The van der Waals surface area contributed by atoms with E-state index in [9.17, 15) is 0 Å². The van der Waals surface area contributed by atoms with Gasteiger partial charge in [-0.25, -0.2) is 0 Å². The van der Waals surface area contributed by atoms with E-state index in [1.54, 1.807) is 0 Å². The Morgan fingerprint density at radius 1 is 0.759 bits per heavy atom. The minimum atomic E-state index is 0.0876. The number of hydrogen-bond acceptors (Lipinski definition) is 2. The summed E-state index contributed by atoms with van der Waals surface area (Å²) in [6.45, 7) is 11.3. The minimum Gasteiger partial charge on any atom is -0.337 e. The van der Waals surface area contributed by atoms with E-state index < -0.39 is 0 Å². The van der Waals surface area contributed by atoms with Crippen LogP contribution in [-0.2, 0) is 7.05 Å². The van der Waals surface area contributed by atoms with E-state index in [4.69, 9.17) is 0 Å². The molecule has 0 radical (unpaired) electrons. The van der Waals surface area contributed by atoms with Crippen molar-refractivity contribution in [3.8, 4) is 0 Å². The number of aryl methyl sites for hydroxylation is 3. The van der Waals surface area contributed by atoms with Crippen LogP contribution in [0.5, 0.6) is 0 Å². The van der Waals surface area contributed by atoms with Crippen molar-refractivity contribution in [1.82, 2.24) is 4.57 Å². The number of benzene rings is 2. The van der Waals surface area contributed by atoms with Gasteiger partial charge in [-0.2, -0.15) is 0 Å². The molecule has 2 aromatic carbocycles. The fourth-order valence-electron chi connectivity index (χ4n) is 4.79. The van der Waals surface area contributed by atoms with Crippen LogP contribution in [0.15, 0.2) is 78.3 Å². The third-order valence-electron chi connectivity index (χ3n) is 6.03. The molecular weight excluding hydrogens is 354 g/mol. The number of nitrogens with zero attached hydrogens (tertiary/aromatic N) is 3. The van der Waals surface area contributed by atoms with Crippen molar-refractivity contribution in [3.63, 3.8) is 0 Å². The molecule has 1 aliphatic heterocycles. The lowest BCUT2D eigenvalue weighted by Crippen LogP contribution is -2.35. The monoisotopic (exact) mass is 385 g/mol. The second kappa shape index (κ2) is 7.47. The van der Waals surface area contributed by atoms with Crippen molar-refractivity contribution in [2.24, 2.45) is 13.0 Å². The third-order valence-corrected chi connectivity index (χ3v) is 6.03. The zero-order valence-corrected chi connectivity index (χ0v) is 18.3. The topological polar surface area (TPSA) is 11.4 Å². The molecular formula is C26H31N3. The molecule has 2 heterocycles. The SMILES string of the molecule is CC1=C(C(C)C)N(c2ccccc2)C(c2c(C)cccc2C)N1c1cccn1C. The number of aromatic nitrogens is 1. The summed E-state index contributed by atoms with van der Waals surface area (Å²) in [6, 6.07) is 21.8. The molecule has 0 aliphatic carbocycles. The molecule has 3 aromatic rings. The average molecular weight is 386 g/mol. The molecule has 1 unspecified atom stereocenters. The largest absolute Gasteiger partial charge is 0.337 e. The van der Waals surface area contributed by atoms with Crippen LogP contribution in [0.25, 0.3) is 0 Å². The highest BCUT2D eigenvalue weighted by Gasteiger charge is 2.41. The Hall–Kier alpha value is -2.94. The molecule has 0 fully saturated rings. The van der Waals surface area contributed by atoms with Gasteiger partial charge in [0.05, 0.1) is 0 Å². The van der Waals surface area contributed by atoms with Crippen molar-refractivity contribution in [3.05, 3.63) is 94.9 Å². The standard InChI is InChI=1S/C26H31N3/c1-18(2)25-21(5)28(23-16-11-17-27(23)6)26(24-19(3)12-10-13-20(24)4)29(25)22-14-8-7-9-15-22/h7-18,26H,1-6H3. The quantitative estimate of drug-likeness (QED) is 0.504. The second-order valence-corrected chi connectivity index (χ2v) is 8.36. The Balaban J connectivity index is 2.02. The van der Waals surface area contributed by atoms with Crippen molar-refractivity contribution in [2.45, 2.75) is 40.8 Å². The summed E-state index contributed by atoms with van der Waals surface area (Å²) in [7, 11) is 2.13. The normalized spacial score (nSPS) is 17.0. The first-order valence-electron chi connectivity index (χ1n) is 10.4. The van der Waals surface area contributed by atoms with Crippen LogP contribution >= 0.6 is 0 Å². The van der Waals surface area contributed by atoms with E-state index in [1.165, 1.54) is 39.6 Å². The number of hydrogen-bond donors (Lipinski definition) is 0. The summed E-state index contributed by atoms with van der Waals surface area (Å²) in [5, 5.41) is 0. The number of rotatable bonds is 4. The molecule has 0 saturated carbocycles. The Morgan fingerprint density at radius 3 is 1.97 bits per heavy atom. The van der Waals surface area contributed by atoms with Gasteiger partial charge in [-0.05, 0) is 62.1 Å². The Labute approximate surface area is 174 Å². The molecule has 0 bridgehead atoms. The molecule has 0 saturated heterocycles. The van der Waals surface area contributed by atoms with Gasteiger partial charge in [0.25, 0.3) is 0 Å². The predicted octanol–water partition coefficient (Wildman–Crippen LogP) is 6.55. The van der Waals surface area contributed by atoms with Crippen LogP contribution in [0.2, 0.25) is 0 Å². The molecule has 3 nitrogen and oxygen atoms in total.